The molecule has 1 saturated heterocycles. The molecule has 2 fully saturated rings. The van der Waals surface area contributed by atoms with Crippen molar-refractivity contribution < 1.29 is 4.79 Å². The van der Waals surface area contributed by atoms with Gasteiger partial charge in [0.1, 0.15) is 0 Å². The molecule has 110 valence electrons. The summed E-state index contributed by atoms with van der Waals surface area (Å²) in [6.07, 6.45) is 12.2. The van der Waals surface area contributed by atoms with Gasteiger partial charge < -0.3 is 5.32 Å². The van der Waals surface area contributed by atoms with Crippen molar-refractivity contribution in [2.75, 3.05) is 6.54 Å². The van der Waals surface area contributed by atoms with Crippen LogP contribution in [0.2, 0.25) is 0 Å². The average Bonchev–Trinajstić information content (AvgIpc) is 3.05. The van der Waals surface area contributed by atoms with E-state index >= 15 is 0 Å². The van der Waals surface area contributed by atoms with Crippen molar-refractivity contribution in [3.8, 4) is 0 Å². The first-order valence-electron chi connectivity index (χ1n) is 8.13. The molecule has 4 nitrogen and oxygen atoms in total. The van der Waals surface area contributed by atoms with Crippen molar-refractivity contribution in [3.63, 3.8) is 0 Å². The summed E-state index contributed by atoms with van der Waals surface area (Å²) in [6.45, 7) is 0.979. The Balaban J connectivity index is 1.57. The summed E-state index contributed by atoms with van der Waals surface area (Å²) in [5.41, 5.74) is 0.938. The lowest BCUT2D eigenvalue weighted by atomic mass is 10.0. The van der Waals surface area contributed by atoms with E-state index in [0.29, 0.717) is 18.2 Å². The first-order chi connectivity index (χ1) is 9.83. The molecule has 1 N–H and O–H groups in total. The van der Waals surface area contributed by atoms with Gasteiger partial charge in [-0.3, -0.25) is 9.48 Å². The van der Waals surface area contributed by atoms with Gasteiger partial charge in [-0.15, -0.1) is 0 Å². The number of ketones is 1. The Morgan fingerprint density at radius 1 is 1.20 bits per heavy atom. The van der Waals surface area contributed by atoms with E-state index in [1.807, 2.05) is 6.07 Å². The smallest absolute Gasteiger partial charge is 0.155 e. The van der Waals surface area contributed by atoms with Gasteiger partial charge in [-0.2, -0.15) is 5.10 Å². The number of rotatable bonds is 4. The molecule has 1 aromatic rings. The van der Waals surface area contributed by atoms with Gasteiger partial charge >= 0.3 is 0 Å². The highest BCUT2D eigenvalue weighted by atomic mass is 16.1. The minimum absolute atomic E-state index is 0.0501. The molecule has 2 heterocycles. The highest BCUT2D eigenvalue weighted by Crippen LogP contribution is 2.28. The first-order valence-corrected chi connectivity index (χ1v) is 8.13. The number of Topliss-reactive ketones (excluding diaryl/α,β-unsaturated/α-hetero) is 1. The SMILES string of the molecule is O=C(Cc1ccn(C2CCCC2)n1)C1CCCCCN1. The monoisotopic (exact) mass is 275 g/mol. The quantitative estimate of drug-likeness (QED) is 0.919. The first kappa shape index (κ1) is 13.8. The molecular weight excluding hydrogens is 250 g/mol. The van der Waals surface area contributed by atoms with Gasteiger partial charge in [-0.05, 0) is 38.3 Å². The van der Waals surface area contributed by atoms with Crippen LogP contribution >= 0.6 is 0 Å². The van der Waals surface area contributed by atoms with E-state index in [-0.39, 0.29) is 6.04 Å². The summed E-state index contributed by atoms with van der Waals surface area (Å²) < 4.78 is 2.08. The highest BCUT2D eigenvalue weighted by molar-refractivity contribution is 5.85. The lowest BCUT2D eigenvalue weighted by Crippen LogP contribution is -2.37. The molecule has 0 bridgehead atoms. The topological polar surface area (TPSA) is 46.9 Å². The van der Waals surface area contributed by atoms with Gasteiger partial charge in [-0.1, -0.05) is 25.7 Å². The maximum absolute atomic E-state index is 12.3. The third-order valence-corrected chi connectivity index (χ3v) is 4.67. The second kappa shape index (κ2) is 6.53. The standard InChI is InChI=1S/C16H25N3O/c20-16(15-8-2-1-5-10-17-15)12-13-9-11-19(18-13)14-6-3-4-7-14/h9,11,14-15,17H,1-8,10,12H2. The molecule has 1 atom stereocenters. The van der Waals surface area contributed by atoms with Crippen LogP contribution in [-0.2, 0) is 11.2 Å². The predicted octanol–water partition coefficient (Wildman–Crippen LogP) is 2.64. The summed E-state index contributed by atoms with van der Waals surface area (Å²) in [5.74, 6) is 0.309. The Labute approximate surface area is 120 Å². The van der Waals surface area contributed by atoms with Gasteiger partial charge in [0.05, 0.1) is 24.2 Å². The van der Waals surface area contributed by atoms with Gasteiger partial charge in [0.25, 0.3) is 0 Å². The fourth-order valence-corrected chi connectivity index (χ4v) is 3.45. The maximum atomic E-state index is 12.3. The third-order valence-electron chi connectivity index (χ3n) is 4.67. The molecule has 4 heteroatoms. The van der Waals surface area contributed by atoms with Crippen LogP contribution in [0.5, 0.6) is 0 Å². The number of hydrogen-bond donors (Lipinski definition) is 1. The summed E-state index contributed by atoms with van der Waals surface area (Å²) in [6, 6.07) is 2.64. The Hall–Kier alpha value is -1.16. The fraction of sp³-hybridized carbons (Fsp3) is 0.750. The van der Waals surface area contributed by atoms with E-state index in [2.05, 4.69) is 21.3 Å². The third kappa shape index (κ3) is 3.29. The van der Waals surface area contributed by atoms with Crippen LogP contribution in [-0.4, -0.2) is 28.2 Å². The van der Waals surface area contributed by atoms with E-state index in [1.165, 1.54) is 44.9 Å². The molecule has 0 radical (unpaired) electrons. The highest BCUT2D eigenvalue weighted by Gasteiger charge is 2.22. The molecule has 1 aliphatic heterocycles. The van der Waals surface area contributed by atoms with Gasteiger partial charge in [0.2, 0.25) is 0 Å². The van der Waals surface area contributed by atoms with Crippen molar-refractivity contribution in [1.29, 1.82) is 0 Å². The Morgan fingerprint density at radius 3 is 2.85 bits per heavy atom. The summed E-state index contributed by atoms with van der Waals surface area (Å²) in [4.78, 5) is 12.3. The van der Waals surface area contributed by atoms with Crippen molar-refractivity contribution >= 4 is 5.78 Å². The number of nitrogens with one attached hydrogen (secondary N) is 1. The molecule has 20 heavy (non-hydrogen) atoms. The molecule has 3 rings (SSSR count). The van der Waals surface area contributed by atoms with Crippen LogP contribution < -0.4 is 5.32 Å². The van der Waals surface area contributed by atoms with Crippen LogP contribution in [0.1, 0.15) is 63.1 Å². The zero-order valence-electron chi connectivity index (χ0n) is 12.2. The van der Waals surface area contributed by atoms with E-state index in [4.69, 9.17) is 0 Å². The molecule has 0 spiro atoms. The minimum atomic E-state index is 0.0501. The van der Waals surface area contributed by atoms with Crippen LogP contribution in [0.4, 0.5) is 0 Å². The van der Waals surface area contributed by atoms with E-state index < -0.39 is 0 Å². The van der Waals surface area contributed by atoms with E-state index in [1.54, 1.807) is 0 Å². The lowest BCUT2D eigenvalue weighted by molar-refractivity contribution is -0.120. The largest absolute Gasteiger partial charge is 0.307 e. The second-order valence-electron chi connectivity index (χ2n) is 6.22. The van der Waals surface area contributed by atoms with Crippen LogP contribution in [0.3, 0.4) is 0 Å². The van der Waals surface area contributed by atoms with E-state index in [0.717, 1.165) is 18.7 Å². The molecule has 1 saturated carbocycles. The molecule has 1 unspecified atom stereocenters. The van der Waals surface area contributed by atoms with Gasteiger partial charge in [0, 0.05) is 6.20 Å². The van der Waals surface area contributed by atoms with Gasteiger partial charge in [0.15, 0.2) is 5.78 Å². The van der Waals surface area contributed by atoms with Crippen molar-refractivity contribution in [2.24, 2.45) is 0 Å². The zero-order valence-corrected chi connectivity index (χ0v) is 12.2. The molecule has 2 aliphatic rings. The summed E-state index contributed by atoms with van der Waals surface area (Å²) in [5, 5.41) is 8.00. The molecule has 0 aromatic carbocycles. The summed E-state index contributed by atoms with van der Waals surface area (Å²) >= 11 is 0. The van der Waals surface area contributed by atoms with Crippen molar-refractivity contribution in [1.82, 2.24) is 15.1 Å². The second-order valence-corrected chi connectivity index (χ2v) is 6.22. The molecule has 0 amide bonds. The number of nitrogens with zero attached hydrogens (tertiary/aromatic N) is 2. The zero-order chi connectivity index (χ0) is 13.8. The average molecular weight is 275 g/mol. The van der Waals surface area contributed by atoms with Crippen molar-refractivity contribution in [3.05, 3.63) is 18.0 Å². The van der Waals surface area contributed by atoms with Crippen molar-refractivity contribution in [2.45, 2.75) is 69.9 Å². The predicted molar refractivity (Wildman–Crippen MR) is 78.7 cm³/mol. The minimum Gasteiger partial charge on any atom is -0.307 e. The fourth-order valence-electron chi connectivity index (χ4n) is 3.45. The molecule has 1 aromatic heterocycles. The number of aromatic nitrogens is 2. The Bertz CT molecular complexity index is 440. The van der Waals surface area contributed by atoms with E-state index in [9.17, 15) is 4.79 Å². The van der Waals surface area contributed by atoms with Crippen LogP contribution in [0, 0.1) is 0 Å². The van der Waals surface area contributed by atoms with Crippen LogP contribution in [0.25, 0.3) is 0 Å². The summed E-state index contributed by atoms with van der Waals surface area (Å²) in [7, 11) is 0. The lowest BCUT2D eigenvalue weighted by Gasteiger charge is -2.13. The normalized spacial score (nSPS) is 24.7. The Kier molecular flexibility index (Phi) is 4.51. The van der Waals surface area contributed by atoms with Gasteiger partial charge in [-0.25, -0.2) is 0 Å². The maximum Gasteiger partial charge on any atom is 0.155 e. The Morgan fingerprint density at radius 2 is 2.00 bits per heavy atom. The number of carbonyl (C=O) groups excluding carboxylic acids is 1. The van der Waals surface area contributed by atoms with Crippen LogP contribution in [0.15, 0.2) is 12.3 Å². The number of carbonyl (C=O) groups is 1. The molecule has 1 aliphatic carbocycles. The molecular formula is C16H25N3O. The number of hydrogen-bond acceptors (Lipinski definition) is 3.